The van der Waals surface area contributed by atoms with Crippen molar-refractivity contribution in [2.24, 2.45) is 0 Å². The molecule has 0 heterocycles. The molecular weight excluding hydrogens is 232 g/mol. The summed E-state index contributed by atoms with van der Waals surface area (Å²) in [5, 5.41) is 5.98. The van der Waals surface area contributed by atoms with Crippen molar-refractivity contribution in [3.8, 4) is 0 Å². The van der Waals surface area contributed by atoms with Crippen molar-refractivity contribution < 1.29 is 14.3 Å². The molecule has 0 unspecified atom stereocenters. The third kappa shape index (κ3) is 11.7. The van der Waals surface area contributed by atoms with Crippen molar-refractivity contribution in [3.05, 3.63) is 0 Å². The number of ether oxygens (including phenoxy) is 2. The standard InChI is InChI=1S/C10H22N2O3.ClH/c1-4-11-9(2)7-12-10(13)8-15-6-5-14-3;/h9,11H,4-8H2,1-3H3,(H,12,13);1H/t9-;/m1./s1. The average molecular weight is 255 g/mol. The number of amides is 1. The number of likely N-dealkylation sites (N-methyl/N-ethyl adjacent to an activating group) is 1. The molecule has 0 aliphatic carbocycles. The molecule has 98 valence electrons. The van der Waals surface area contributed by atoms with Gasteiger partial charge in [-0.2, -0.15) is 0 Å². The van der Waals surface area contributed by atoms with Crippen LogP contribution in [0.3, 0.4) is 0 Å². The van der Waals surface area contributed by atoms with Gasteiger partial charge in [-0.05, 0) is 13.5 Å². The average Bonchev–Trinajstić information content (AvgIpc) is 2.22. The first-order valence-electron chi connectivity index (χ1n) is 5.27. The number of rotatable bonds is 9. The number of hydrogen-bond donors (Lipinski definition) is 2. The zero-order valence-corrected chi connectivity index (χ0v) is 11.1. The summed E-state index contributed by atoms with van der Waals surface area (Å²) in [5.41, 5.74) is 0. The van der Waals surface area contributed by atoms with Crippen LogP contribution in [-0.2, 0) is 14.3 Å². The summed E-state index contributed by atoms with van der Waals surface area (Å²) < 4.78 is 9.86. The van der Waals surface area contributed by atoms with Crippen LogP contribution in [0.25, 0.3) is 0 Å². The predicted molar refractivity (Wildman–Crippen MR) is 66.1 cm³/mol. The second-order valence-corrected chi connectivity index (χ2v) is 3.31. The SMILES string of the molecule is CCN[C@H](C)CNC(=O)COCCOC.Cl. The number of carbonyl (C=O) groups is 1. The van der Waals surface area contributed by atoms with Crippen molar-refractivity contribution in [1.29, 1.82) is 0 Å². The summed E-state index contributed by atoms with van der Waals surface area (Å²) in [6, 6.07) is 0.290. The highest BCUT2D eigenvalue weighted by Gasteiger charge is 2.03. The van der Waals surface area contributed by atoms with Crippen molar-refractivity contribution in [3.63, 3.8) is 0 Å². The van der Waals surface area contributed by atoms with Gasteiger partial charge in [0.1, 0.15) is 6.61 Å². The van der Waals surface area contributed by atoms with E-state index in [9.17, 15) is 4.79 Å². The van der Waals surface area contributed by atoms with Crippen molar-refractivity contribution in [1.82, 2.24) is 10.6 Å². The van der Waals surface area contributed by atoms with Crippen LogP contribution in [0.1, 0.15) is 13.8 Å². The fourth-order valence-electron chi connectivity index (χ4n) is 1.05. The molecule has 0 saturated carbocycles. The van der Waals surface area contributed by atoms with Gasteiger partial charge in [0.2, 0.25) is 5.91 Å². The Morgan fingerprint density at radius 3 is 2.62 bits per heavy atom. The van der Waals surface area contributed by atoms with Gasteiger partial charge in [-0.15, -0.1) is 12.4 Å². The quantitative estimate of drug-likeness (QED) is 0.577. The van der Waals surface area contributed by atoms with Crippen molar-refractivity contribution in [2.45, 2.75) is 19.9 Å². The number of methoxy groups -OCH3 is 1. The highest BCUT2D eigenvalue weighted by molar-refractivity contribution is 5.85. The molecule has 0 rings (SSSR count). The minimum Gasteiger partial charge on any atom is -0.382 e. The van der Waals surface area contributed by atoms with Crippen LogP contribution >= 0.6 is 12.4 Å². The molecule has 0 fully saturated rings. The van der Waals surface area contributed by atoms with Crippen LogP contribution in [0.15, 0.2) is 0 Å². The molecule has 0 bridgehead atoms. The van der Waals surface area contributed by atoms with Gasteiger partial charge in [-0.3, -0.25) is 4.79 Å². The number of nitrogens with one attached hydrogen (secondary N) is 2. The topological polar surface area (TPSA) is 59.6 Å². The van der Waals surface area contributed by atoms with Crippen LogP contribution in [0.5, 0.6) is 0 Å². The normalized spacial score (nSPS) is 11.7. The lowest BCUT2D eigenvalue weighted by molar-refractivity contribution is -0.126. The third-order valence-corrected chi connectivity index (χ3v) is 1.82. The summed E-state index contributed by atoms with van der Waals surface area (Å²) in [4.78, 5) is 11.2. The fraction of sp³-hybridized carbons (Fsp3) is 0.900. The minimum absolute atomic E-state index is 0. The Labute approximate surface area is 104 Å². The van der Waals surface area contributed by atoms with Crippen LogP contribution in [-0.4, -0.2) is 52.0 Å². The molecular formula is C10H23ClN2O3. The first kappa shape index (κ1) is 18.0. The van der Waals surface area contributed by atoms with Gasteiger partial charge < -0.3 is 20.1 Å². The lowest BCUT2D eigenvalue weighted by Crippen LogP contribution is -2.40. The Bertz CT molecular complexity index is 170. The summed E-state index contributed by atoms with van der Waals surface area (Å²) in [6.07, 6.45) is 0. The van der Waals surface area contributed by atoms with Crippen molar-refractivity contribution in [2.75, 3.05) is 40.0 Å². The third-order valence-electron chi connectivity index (χ3n) is 1.82. The highest BCUT2D eigenvalue weighted by atomic mass is 35.5. The molecule has 0 aromatic carbocycles. The van der Waals surface area contributed by atoms with E-state index in [-0.39, 0.29) is 31.0 Å². The Balaban J connectivity index is 0. The van der Waals surface area contributed by atoms with Gasteiger partial charge in [0.25, 0.3) is 0 Å². The van der Waals surface area contributed by atoms with E-state index >= 15 is 0 Å². The van der Waals surface area contributed by atoms with Crippen LogP contribution < -0.4 is 10.6 Å². The number of hydrogen-bond acceptors (Lipinski definition) is 4. The molecule has 0 aromatic heterocycles. The van der Waals surface area contributed by atoms with Gasteiger partial charge in [-0.25, -0.2) is 0 Å². The van der Waals surface area contributed by atoms with Gasteiger partial charge in [-0.1, -0.05) is 6.92 Å². The van der Waals surface area contributed by atoms with E-state index in [1.54, 1.807) is 7.11 Å². The Morgan fingerprint density at radius 2 is 2.06 bits per heavy atom. The zero-order valence-electron chi connectivity index (χ0n) is 10.2. The maximum atomic E-state index is 11.2. The Morgan fingerprint density at radius 1 is 1.38 bits per heavy atom. The van der Waals surface area contributed by atoms with E-state index in [1.165, 1.54) is 0 Å². The second kappa shape index (κ2) is 12.7. The molecule has 0 saturated heterocycles. The van der Waals surface area contributed by atoms with E-state index in [0.29, 0.717) is 19.8 Å². The van der Waals surface area contributed by atoms with Crippen LogP contribution in [0.2, 0.25) is 0 Å². The van der Waals surface area contributed by atoms with Gasteiger partial charge in [0.05, 0.1) is 13.2 Å². The molecule has 6 heteroatoms. The summed E-state index contributed by atoms with van der Waals surface area (Å²) in [7, 11) is 1.60. The van der Waals surface area contributed by atoms with Crippen molar-refractivity contribution >= 4 is 18.3 Å². The summed E-state index contributed by atoms with van der Waals surface area (Å²) >= 11 is 0. The fourth-order valence-corrected chi connectivity index (χ4v) is 1.05. The summed E-state index contributed by atoms with van der Waals surface area (Å²) in [6.45, 7) is 6.65. The van der Waals surface area contributed by atoms with E-state index < -0.39 is 0 Å². The predicted octanol–water partition coefficient (Wildman–Crippen LogP) is 0.185. The zero-order chi connectivity index (χ0) is 11.5. The molecule has 5 nitrogen and oxygen atoms in total. The molecule has 1 atom stereocenters. The first-order chi connectivity index (χ1) is 7.20. The van der Waals surface area contributed by atoms with Gasteiger partial charge in [0.15, 0.2) is 0 Å². The molecule has 16 heavy (non-hydrogen) atoms. The van der Waals surface area contributed by atoms with Crippen LogP contribution in [0.4, 0.5) is 0 Å². The lowest BCUT2D eigenvalue weighted by Gasteiger charge is -2.13. The number of halogens is 1. The number of carbonyl (C=O) groups excluding carboxylic acids is 1. The highest BCUT2D eigenvalue weighted by Crippen LogP contribution is 1.80. The summed E-state index contributed by atoms with van der Waals surface area (Å²) in [5.74, 6) is -0.0872. The second-order valence-electron chi connectivity index (χ2n) is 3.31. The lowest BCUT2D eigenvalue weighted by atomic mass is 10.3. The first-order valence-corrected chi connectivity index (χ1v) is 5.27. The molecule has 0 radical (unpaired) electrons. The maximum absolute atomic E-state index is 11.2. The van der Waals surface area contributed by atoms with Crippen LogP contribution in [0, 0.1) is 0 Å². The molecule has 1 amide bonds. The maximum Gasteiger partial charge on any atom is 0.246 e. The molecule has 0 spiro atoms. The monoisotopic (exact) mass is 254 g/mol. The Hall–Kier alpha value is -0.360. The van der Waals surface area contributed by atoms with E-state index in [0.717, 1.165) is 6.54 Å². The largest absolute Gasteiger partial charge is 0.382 e. The smallest absolute Gasteiger partial charge is 0.246 e. The molecule has 0 aliphatic heterocycles. The van der Waals surface area contributed by atoms with E-state index in [1.807, 2.05) is 13.8 Å². The van der Waals surface area contributed by atoms with Gasteiger partial charge >= 0.3 is 0 Å². The van der Waals surface area contributed by atoms with E-state index in [4.69, 9.17) is 9.47 Å². The molecule has 0 aliphatic rings. The molecule has 2 N–H and O–H groups in total. The Kier molecular flexibility index (Phi) is 14.3. The molecule has 0 aromatic rings. The minimum atomic E-state index is -0.0872. The van der Waals surface area contributed by atoms with E-state index in [2.05, 4.69) is 10.6 Å². The van der Waals surface area contributed by atoms with Gasteiger partial charge in [0, 0.05) is 19.7 Å².